The number of fused-ring (bicyclic) bond motifs is 1. The number of H-pyrrole nitrogens is 1. The zero-order valence-electron chi connectivity index (χ0n) is 14.8. The fourth-order valence-electron chi connectivity index (χ4n) is 3.27. The highest BCUT2D eigenvalue weighted by Gasteiger charge is 2.23. The van der Waals surface area contributed by atoms with Gasteiger partial charge in [0.1, 0.15) is 5.56 Å². The van der Waals surface area contributed by atoms with Gasteiger partial charge in [0.25, 0.3) is 11.5 Å². The van der Waals surface area contributed by atoms with Gasteiger partial charge in [-0.15, -0.1) is 0 Å². The minimum atomic E-state index is -0.713. The summed E-state index contributed by atoms with van der Waals surface area (Å²) in [6.07, 6.45) is 4.68. The number of benzene rings is 1. The number of halogens is 1. The van der Waals surface area contributed by atoms with Crippen LogP contribution in [-0.4, -0.2) is 20.6 Å². The number of aromatic amines is 1. The van der Waals surface area contributed by atoms with Gasteiger partial charge in [-0.3, -0.25) is 19.5 Å². The minimum absolute atomic E-state index is 0.0489. The van der Waals surface area contributed by atoms with Gasteiger partial charge < -0.3 is 9.51 Å². The molecule has 1 amide bonds. The number of hydrogen-bond acceptors (Lipinski definition) is 5. The van der Waals surface area contributed by atoms with Crippen molar-refractivity contribution in [2.45, 2.75) is 32.2 Å². The Labute approximate surface area is 164 Å². The Morgan fingerprint density at radius 3 is 2.86 bits per heavy atom. The Bertz CT molecular complexity index is 1160. The molecule has 3 aromatic rings. The predicted octanol–water partition coefficient (Wildman–Crippen LogP) is 2.36. The summed E-state index contributed by atoms with van der Waals surface area (Å²) in [5, 5.41) is 7.00. The van der Waals surface area contributed by atoms with Gasteiger partial charge >= 0.3 is 5.69 Å². The first-order valence-electron chi connectivity index (χ1n) is 8.89. The molecule has 2 aromatic heterocycles. The van der Waals surface area contributed by atoms with E-state index in [1.54, 1.807) is 24.3 Å². The molecule has 28 heavy (non-hydrogen) atoms. The highest BCUT2D eigenvalue weighted by Crippen LogP contribution is 2.27. The molecule has 1 aromatic carbocycles. The van der Waals surface area contributed by atoms with E-state index in [0.29, 0.717) is 10.6 Å². The van der Waals surface area contributed by atoms with E-state index in [1.807, 2.05) is 0 Å². The van der Waals surface area contributed by atoms with Crippen molar-refractivity contribution >= 4 is 23.4 Å². The highest BCUT2D eigenvalue weighted by atomic mass is 35.5. The van der Waals surface area contributed by atoms with E-state index in [2.05, 4.69) is 15.5 Å². The van der Waals surface area contributed by atoms with Gasteiger partial charge in [-0.1, -0.05) is 35.0 Å². The van der Waals surface area contributed by atoms with Gasteiger partial charge in [0.15, 0.2) is 0 Å². The van der Waals surface area contributed by atoms with Crippen LogP contribution in [-0.2, 0) is 19.4 Å². The van der Waals surface area contributed by atoms with Crippen molar-refractivity contribution in [1.82, 2.24) is 14.7 Å². The molecule has 1 aliphatic carbocycles. The molecule has 1 aliphatic rings. The van der Waals surface area contributed by atoms with E-state index in [1.165, 1.54) is 0 Å². The first-order valence-corrected chi connectivity index (χ1v) is 9.27. The van der Waals surface area contributed by atoms with Gasteiger partial charge in [-0.25, -0.2) is 4.79 Å². The van der Waals surface area contributed by atoms with Gasteiger partial charge in [0, 0.05) is 16.8 Å². The van der Waals surface area contributed by atoms with Gasteiger partial charge in [0.05, 0.1) is 12.2 Å². The number of hydrogen-bond donors (Lipinski definition) is 2. The van der Waals surface area contributed by atoms with Crippen LogP contribution in [0.15, 0.2) is 44.6 Å². The van der Waals surface area contributed by atoms with Crippen molar-refractivity contribution in [3.05, 3.63) is 78.7 Å². The second kappa shape index (κ2) is 7.47. The van der Waals surface area contributed by atoms with Crippen molar-refractivity contribution in [1.29, 1.82) is 0 Å². The molecule has 0 spiro atoms. The van der Waals surface area contributed by atoms with Crippen LogP contribution in [0.1, 0.15) is 40.0 Å². The third-order valence-corrected chi connectivity index (χ3v) is 5.15. The molecule has 0 fully saturated rings. The van der Waals surface area contributed by atoms with Crippen molar-refractivity contribution in [3.63, 3.8) is 0 Å². The maximum absolute atomic E-state index is 12.8. The lowest BCUT2D eigenvalue weighted by Gasteiger charge is -2.10. The topological polar surface area (TPSA) is 110 Å². The molecule has 2 heterocycles. The van der Waals surface area contributed by atoms with Gasteiger partial charge in [-0.2, -0.15) is 0 Å². The lowest BCUT2D eigenvalue weighted by molar-refractivity contribution is 0.102. The van der Waals surface area contributed by atoms with Crippen molar-refractivity contribution in [2.24, 2.45) is 0 Å². The normalized spacial score (nSPS) is 13.2. The molecule has 0 saturated carbocycles. The lowest BCUT2D eigenvalue weighted by atomic mass is 9.98. The van der Waals surface area contributed by atoms with E-state index in [4.69, 9.17) is 16.1 Å². The smallest absolute Gasteiger partial charge is 0.328 e. The van der Waals surface area contributed by atoms with Crippen LogP contribution < -0.4 is 16.6 Å². The van der Waals surface area contributed by atoms with Crippen LogP contribution in [0.2, 0.25) is 5.02 Å². The monoisotopic (exact) mass is 400 g/mol. The Hall–Kier alpha value is -3.13. The van der Waals surface area contributed by atoms with Crippen LogP contribution in [0.4, 0.5) is 5.88 Å². The fraction of sp³-hybridized carbons (Fsp3) is 0.263. The number of nitrogens with zero attached hydrogens (tertiary/aromatic N) is 2. The van der Waals surface area contributed by atoms with Gasteiger partial charge in [-0.05, 0) is 37.3 Å². The Balaban J connectivity index is 1.64. The number of nitrogens with one attached hydrogen (secondary N) is 2. The molecule has 0 aliphatic heterocycles. The molecule has 0 bridgehead atoms. The third kappa shape index (κ3) is 3.38. The largest absolute Gasteiger partial charge is 0.338 e. The fourth-order valence-corrected chi connectivity index (χ4v) is 3.47. The summed E-state index contributed by atoms with van der Waals surface area (Å²) in [7, 11) is 0. The van der Waals surface area contributed by atoms with E-state index in [-0.39, 0.29) is 18.0 Å². The molecule has 0 radical (unpaired) electrons. The van der Waals surface area contributed by atoms with Crippen LogP contribution in [0, 0.1) is 0 Å². The summed E-state index contributed by atoms with van der Waals surface area (Å²) in [4.78, 5) is 40.0. The van der Waals surface area contributed by atoms with Gasteiger partial charge in [0.2, 0.25) is 5.88 Å². The summed E-state index contributed by atoms with van der Waals surface area (Å²) >= 11 is 6.12. The highest BCUT2D eigenvalue weighted by molar-refractivity contribution is 6.31. The molecular weight excluding hydrogens is 384 g/mol. The summed E-state index contributed by atoms with van der Waals surface area (Å²) < 4.78 is 6.17. The second-order valence-corrected chi connectivity index (χ2v) is 7.00. The molecule has 8 nitrogen and oxygen atoms in total. The summed E-state index contributed by atoms with van der Waals surface area (Å²) in [5.74, 6) is -0.415. The number of carbonyl (C=O) groups excluding carboxylic acids is 1. The van der Waals surface area contributed by atoms with Crippen molar-refractivity contribution in [3.8, 4) is 0 Å². The maximum atomic E-state index is 12.8. The van der Waals surface area contributed by atoms with Crippen LogP contribution in [0.3, 0.4) is 0 Å². The minimum Gasteiger partial charge on any atom is -0.338 e. The number of aryl methyl sites for hydroxylation is 1. The SMILES string of the molecule is O=C(Nc1onc2c1CCCC2)c1c[nH]c(=O)n(Cc2ccccc2Cl)c1=O. The van der Waals surface area contributed by atoms with E-state index in [9.17, 15) is 14.4 Å². The summed E-state index contributed by atoms with van der Waals surface area (Å²) in [6, 6.07) is 6.88. The van der Waals surface area contributed by atoms with Crippen molar-refractivity contribution < 1.29 is 9.32 Å². The molecule has 4 rings (SSSR count). The maximum Gasteiger partial charge on any atom is 0.328 e. The quantitative estimate of drug-likeness (QED) is 0.698. The molecule has 2 N–H and O–H groups in total. The standard InChI is InChI=1S/C19H17ClN4O4/c20-14-7-3-1-5-11(14)10-24-18(26)13(9-21-19(24)27)16(25)22-17-12-6-2-4-8-15(12)23-28-17/h1,3,5,7,9H,2,4,6,8,10H2,(H,21,27)(H,22,25). The number of carbonyl (C=O) groups is 1. The van der Waals surface area contributed by atoms with Crippen molar-refractivity contribution in [2.75, 3.05) is 5.32 Å². The Morgan fingerprint density at radius 1 is 1.25 bits per heavy atom. The van der Waals surface area contributed by atoms with Crippen LogP contribution in [0.5, 0.6) is 0 Å². The Morgan fingerprint density at radius 2 is 2.04 bits per heavy atom. The molecule has 144 valence electrons. The molecule has 0 unspecified atom stereocenters. The summed E-state index contributed by atoms with van der Waals surface area (Å²) in [6.45, 7) is -0.0489. The first-order chi connectivity index (χ1) is 13.5. The third-order valence-electron chi connectivity index (χ3n) is 4.78. The molecule has 0 atom stereocenters. The summed E-state index contributed by atoms with van der Waals surface area (Å²) in [5.41, 5.74) is 0.749. The number of amides is 1. The number of rotatable bonds is 4. The average molecular weight is 401 g/mol. The Kier molecular flexibility index (Phi) is 4.87. The lowest BCUT2D eigenvalue weighted by Crippen LogP contribution is -2.39. The van der Waals surface area contributed by atoms with E-state index >= 15 is 0 Å². The predicted molar refractivity (Wildman–Crippen MR) is 103 cm³/mol. The number of aromatic nitrogens is 3. The first kappa shape index (κ1) is 18.2. The van der Waals surface area contributed by atoms with E-state index in [0.717, 1.165) is 47.7 Å². The molecular formula is C19H17ClN4O4. The molecule has 9 heteroatoms. The van der Waals surface area contributed by atoms with Crippen LogP contribution in [0.25, 0.3) is 0 Å². The zero-order chi connectivity index (χ0) is 19.7. The second-order valence-electron chi connectivity index (χ2n) is 6.59. The molecule has 0 saturated heterocycles. The number of anilines is 1. The average Bonchev–Trinajstić information content (AvgIpc) is 3.09. The zero-order valence-corrected chi connectivity index (χ0v) is 15.6. The van der Waals surface area contributed by atoms with E-state index < -0.39 is 17.2 Å². The van der Waals surface area contributed by atoms with Crippen LogP contribution >= 0.6 is 11.6 Å².